The zero-order valence-electron chi connectivity index (χ0n) is 23.7. The summed E-state index contributed by atoms with van der Waals surface area (Å²) < 4.78 is 27.1. The summed E-state index contributed by atoms with van der Waals surface area (Å²) in [6, 6.07) is 20.9. The van der Waals surface area contributed by atoms with Gasteiger partial charge in [-0.25, -0.2) is 8.42 Å². The van der Waals surface area contributed by atoms with Crippen molar-refractivity contribution in [3.63, 3.8) is 0 Å². The summed E-state index contributed by atoms with van der Waals surface area (Å²) in [4.78, 5) is 29.3. The van der Waals surface area contributed by atoms with Gasteiger partial charge in [0, 0.05) is 24.0 Å². The highest BCUT2D eigenvalue weighted by Crippen LogP contribution is 2.26. The average Bonchev–Trinajstić information content (AvgIpc) is 2.91. The molecule has 0 radical (unpaired) electrons. The van der Waals surface area contributed by atoms with Crippen molar-refractivity contribution in [3.8, 4) is 0 Å². The number of benzene rings is 3. The molecule has 0 aliphatic rings. The van der Waals surface area contributed by atoms with E-state index in [0.717, 1.165) is 39.2 Å². The number of aryl methyl sites for hydroxylation is 1. The predicted molar refractivity (Wildman–Crippen MR) is 162 cm³/mol. The second-order valence-corrected chi connectivity index (χ2v) is 12.5. The van der Waals surface area contributed by atoms with E-state index in [1.165, 1.54) is 4.90 Å². The van der Waals surface area contributed by atoms with Crippen LogP contribution in [0.3, 0.4) is 0 Å². The van der Waals surface area contributed by atoms with Crippen LogP contribution in [-0.4, -0.2) is 50.0 Å². The molecule has 9 heteroatoms. The SMILES string of the molecule is CC[C@H](C)NC(=O)[C@@H](Cc1ccccc1)N(Cc1ccc(Cl)cc1)C(=O)CN(c1cccc(C)c1C)S(C)(=O)=O. The van der Waals surface area contributed by atoms with Crippen LogP contribution in [0.1, 0.15) is 42.5 Å². The lowest BCUT2D eigenvalue weighted by molar-refractivity contribution is -0.140. The van der Waals surface area contributed by atoms with Gasteiger partial charge in [-0.1, -0.05) is 73.1 Å². The lowest BCUT2D eigenvalue weighted by Crippen LogP contribution is -2.54. The van der Waals surface area contributed by atoms with E-state index in [0.29, 0.717) is 10.7 Å². The van der Waals surface area contributed by atoms with Gasteiger partial charge in [-0.15, -0.1) is 0 Å². The summed E-state index contributed by atoms with van der Waals surface area (Å²) in [5, 5.41) is 3.58. The Hall–Kier alpha value is -3.36. The molecule has 0 aliphatic heterocycles. The van der Waals surface area contributed by atoms with Crippen molar-refractivity contribution >= 4 is 39.1 Å². The van der Waals surface area contributed by atoms with E-state index in [1.807, 2.05) is 64.1 Å². The second kappa shape index (κ2) is 13.8. The molecule has 0 heterocycles. The first-order valence-electron chi connectivity index (χ1n) is 13.3. The lowest BCUT2D eigenvalue weighted by Gasteiger charge is -2.34. The van der Waals surface area contributed by atoms with E-state index < -0.39 is 28.5 Å². The van der Waals surface area contributed by atoms with Crippen molar-refractivity contribution in [2.75, 3.05) is 17.1 Å². The number of carbonyl (C=O) groups is 2. The van der Waals surface area contributed by atoms with Crippen LogP contribution in [0, 0.1) is 13.8 Å². The molecule has 40 heavy (non-hydrogen) atoms. The largest absolute Gasteiger partial charge is 0.352 e. The van der Waals surface area contributed by atoms with Crippen molar-refractivity contribution in [2.24, 2.45) is 0 Å². The Labute approximate surface area is 243 Å². The number of hydrogen-bond acceptors (Lipinski definition) is 4. The van der Waals surface area contributed by atoms with Gasteiger partial charge in [0.05, 0.1) is 11.9 Å². The maximum absolute atomic E-state index is 14.1. The number of sulfonamides is 1. The third-order valence-corrected chi connectivity index (χ3v) is 8.44. The fourth-order valence-corrected chi connectivity index (χ4v) is 5.41. The molecule has 3 rings (SSSR count). The minimum atomic E-state index is -3.82. The highest BCUT2D eigenvalue weighted by Gasteiger charge is 2.33. The summed E-state index contributed by atoms with van der Waals surface area (Å²) in [7, 11) is -3.82. The molecule has 1 N–H and O–H groups in total. The molecule has 2 atom stereocenters. The highest BCUT2D eigenvalue weighted by molar-refractivity contribution is 7.92. The van der Waals surface area contributed by atoms with Crippen LogP contribution in [0.4, 0.5) is 5.69 Å². The van der Waals surface area contributed by atoms with Gasteiger partial charge in [0.2, 0.25) is 21.8 Å². The van der Waals surface area contributed by atoms with Crippen LogP contribution in [-0.2, 0) is 32.6 Å². The van der Waals surface area contributed by atoms with Crippen molar-refractivity contribution in [2.45, 2.75) is 59.2 Å². The summed E-state index contributed by atoms with van der Waals surface area (Å²) in [6.07, 6.45) is 2.08. The smallest absolute Gasteiger partial charge is 0.244 e. The molecule has 0 unspecified atom stereocenters. The van der Waals surface area contributed by atoms with E-state index in [9.17, 15) is 18.0 Å². The lowest BCUT2D eigenvalue weighted by atomic mass is 10.0. The van der Waals surface area contributed by atoms with Crippen LogP contribution < -0.4 is 9.62 Å². The van der Waals surface area contributed by atoms with Crippen molar-refractivity contribution < 1.29 is 18.0 Å². The predicted octanol–water partition coefficient (Wildman–Crippen LogP) is 5.28. The van der Waals surface area contributed by atoms with Gasteiger partial charge in [-0.2, -0.15) is 0 Å². The van der Waals surface area contributed by atoms with Crippen molar-refractivity contribution in [1.29, 1.82) is 0 Å². The normalized spacial score (nSPS) is 12.8. The van der Waals surface area contributed by atoms with E-state index in [1.54, 1.807) is 36.4 Å². The average molecular weight is 584 g/mol. The number of nitrogens with one attached hydrogen (secondary N) is 1. The molecular weight excluding hydrogens is 546 g/mol. The van der Waals surface area contributed by atoms with Gasteiger partial charge in [-0.05, 0) is 67.6 Å². The molecule has 0 saturated heterocycles. The van der Waals surface area contributed by atoms with Gasteiger partial charge in [0.15, 0.2) is 0 Å². The molecule has 0 spiro atoms. The molecule has 0 saturated carbocycles. The molecule has 3 aromatic rings. The molecule has 2 amide bonds. The molecule has 0 bridgehead atoms. The maximum atomic E-state index is 14.1. The van der Waals surface area contributed by atoms with Gasteiger partial charge < -0.3 is 10.2 Å². The van der Waals surface area contributed by atoms with E-state index >= 15 is 0 Å². The van der Waals surface area contributed by atoms with Gasteiger partial charge >= 0.3 is 0 Å². The number of anilines is 1. The Bertz CT molecular complexity index is 1410. The zero-order chi connectivity index (χ0) is 29.4. The fraction of sp³-hybridized carbons (Fsp3) is 0.355. The summed E-state index contributed by atoms with van der Waals surface area (Å²) in [5.74, 6) is -0.778. The summed E-state index contributed by atoms with van der Waals surface area (Å²) >= 11 is 6.10. The Morgan fingerprint density at radius 3 is 2.17 bits per heavy atom. The van der Waals surface area contributed by atoms with Gasteiger partial charge in [0.1, 0.15) is 12.6 Å². The first-order chi connectivity index (χ1) is 18.9. The Kier molecular flexibility index (Phi) is 10.8. The third-order valence-electron chi connectivity index (χ3n) is 7.06. The Balaban J connectivity index is 2.08. The Morgan fingerprint density at radius 2 is 1.57 bits per heavy atom. The third kappa shape index (κ3) is 8.32. The zero-order valence-corrected chi connectivity index (χ0v) is 25.3. The molecule has 3 aromatic carbocycles. The highest BCUT2D eigenvalue weighted by atomic mass is 35.5. The molecule has 214 valence electrons. The number of halogens is 1. The van der Waals surface area contributed by atoms with E-state index in [4.69, 9.17) is 11.6 Å². The van der Waals surface area contributed by atoms with Crippen molar-refractivity contribution in [3.05, 3.63) is 100 Å². The number of carbonyl (C=O) groups excluding carboxylic acids is 2. The minimum absolute atomic E-state index is 0.0966. The standard InChI is InChI=1S/C31H38ClN3O4S/c1-6-23(3)33-31(37)29(19-25-12-8-7-9-13-25)34(20-26-15-17-27(32)18-16-26)30(36)21-35(40(5,38)39)28-14-10-11-22(2)24(28)4/h7-18,23,29H,6,19-21H2,1-5H3,(H,33,37)/t23-,29+/m0/s1. The number of rotatable bonds is 12. The van der Waals surface area contributed by atoms with E-state index in [2.05, 4.69) is 5.32 Å². The van der Waals surface area contributed by atoms with Crippen LogP contribution >= 0.6 is 11.6 Å². The quantitative estimate of drug-likeness (QED) is 0.314. The molecule has 0 fully saturated rings. The number of nitrogens with zero attached hydrogens (tertiary/aromatic N) is 2. The maximum Gasteiger partial charge on any atom is 0.244 e. The fourth-order valence-electron chi connectivity index (χ4n) is 4.38. The van der Waals surface area contributed by atoms with E-state index in [-0.39, 0.29) is 24.9 Å². The first kappa shape index (κ1) is 31.2. The van der Waals surface area contributed by atoms with Crippen LogP contribution in [0.5, 0.6) is 0 Å². The summed E-state index contributed by atoms with van der Waals surface area (Å²) in [5.41, 5.74) is 3.76. The molecular formula is C31H38ClN3O4S. The summed E-state index contributed by atoms with van der Waals surface area (Å²) in [6.45, 7) is 7.26. The topological polar surface area (TPSA) is 86.8 Å². The molecule has 0 aliphatic carbocycles. The first-order valence-corrected chi connectivity index (χ1v) is 15.6. The van der Waals surface area contributed by atoms with Crippen LogP contribution in [0.2, 0.25) is 5.02 Å². The minimum Gasteiger partial charge on any atom is -0.352 e. The Morgan fingerprint density at radius 1 is 0.925 bits per heavy atom. The molecule has 7 nitrogen and oxygen atoms in total. The van der Waals surface area contributed by atoms with Gasteiger partial charge in [-0.3, -0.25) is 13.9 Å². The number of amides is 2. The van der Waals surface area contributed by atoms with Crippen LogP contribution in [0.25, 0.3) is 0 Å². The monoisotopic (exact) mass is 583 g/mol. The van der Waals surface area contributed by atoms with Crippen molar-refractivity contribution in [1.82, 2.24) is 10.2 Å². The number of hydrogen-bond donors (Lipinski definition) is 1. The molecule has 0 aromatic heterocycles. The second-order valence-electron chi connectivity index (χ2n) is 10.2. The van der Waals surface area contributed by atoms with Crippen LogP contribution in [0.15, 0.2) is 72.8 Å². The van der Waals surface area contributed by atoms with Gasteiger partial charge in [0.25, 0.3) is 0 Å².